The minimum absolute atomic E-state index is 0.137. The van der Waals surface area contributed by atoms with Gasteiger partial charge in [0.1, 0.15) is 23.4 Å². The van der Waals surface area contributed by atoms with E-state index in [1.807, 2.05) is 27.7 Å². The zero-order chi connectivity index (χ0) is 25.4. The molecule has 0 heterocycles. The highest BCUT2D eigenvalue weighted by molar-refractivity contribution is 5.92. The lowest BCUT2D eigenvalue weighted by Gasteiger charge is -2.35. The number of para-hydroxylation sites is 1. The molecule has 0 spiro atoms. The second-order valence-corrected chi connectivity index (χ2v) is 9.97. The van der Waals surface area contributed by atoms with Gasteiger partial charge in [-0.15, -0.1) is 0 Å². The van der Waals surface area contributed by atoms with Crippen molar-refractivity contribution in [3.63, 3.8) is 0 Å². The number of amides is 3. The number of aromatic hydroxyl groups is 1. The number of nitrogens with one attached hydrogen (secondary N) is 2. The van der Waals surface area contributed by atoms with Crippen LogP contribution in [-0.2, 0) is 14.3 Å². The second kappa shape index (κ2) is 11.9. The van der Waals surface area contributed by atoms with Gasteiger partial charge in [-0.25, -0.2) is 4.79 Å². The van der Waals surface area contributed by atoms with Crippen molar-refractivity contribution in [1.29, 1.82) is 0 Å². The molecule has 9 nitrogen and oxygen atoms in total. The average molecular weight is 466 g/mol. The number of hydrogen-bond donors (Lipinski definition) is 4. The van der Waals surface area contributed by atoms with Crippen LogP contribution in [0.2, 0.25) is 0 Å². The molecule has 0 radical (unpaired) electrons. The number of rotatable bonds is 9. The van der Waals surface area contributed by atoms with E-state index < -0.39 is 47.7 Å². The van der Waals surface area contributed by atoms with E-state index in [0.29, 0.717) is 6.42 Å². The summed E-state index contributed by atoms with van der Waals surface area (Å²) in [7, 11) is 0. The first-order valence-electron chi connectivity index (χ1n) is 11.2. The van der Waals surface area contributed by atoms with E-state index in [1.54, 1.807) is 39.0 Å². The van der Waals surface area contributed by atoms with Crippen LogP contribution in [0.25, 0.3) is 0 Å². The first kappa shape index (κ1) is 28.2. The highest BCUT2D eigenvalue weighted by Crippen LogP contribution is 2.30. The molecular weight excluding hydrogens is 426 g/mol. The molecule has 0 fully saturated rings. The number of phenolic OH excluding ortho intramolecular Hbond substituents is 1. The number of aliphatic hydroxyl groups excluding tert-OH is 1. The third-order valence-electron chi connectivity index (χ3n) is 4.50. The van der Waals surface area contributed by atoms with Crippen molar-refractivity contribution in [2.45, 2.75) is 84.5 Å². The third kappa shape index (κ3) is 9.29. The van der Waals surface area contributed by atoms with Crippen LogP contribution < -0.4 is 10.6 Å². The van der Waals surface area contributed by atoms with Crippen molar-refractivity contribution in [2.24, 2.45) is 0 Å². The molecule has 186 valence electrons. The molecule has 2 unspecified atom stereocenters. The van der Waals surface area contributed by atoms with Crippen molar-refractivity contribution in [3.05, 3.63) is 29.8 Å². The van der Waals surface area contributed by atoms with Crippen molar-refractivity contribution >= 4 is 17.9 Å². The Kier molecular flexibility index (Phi) is 10.2. The smallest absolute Gasteiger partial charge is 0.408 e. The Labute approximate surface area is 196 Å². The maximum absolute atomic E-state index is 13.5. The number of nitrogens with zero attached hydrogens (tertiary/aromatic N) is 1. The Bertz CT molecular complexity index is 813. The molecule has 0 saturated heterocycles. The average Bonchev–Trinajstić information content (AvgIpc) is 2.67. The van der Waals surface area contributed by atoms with Crippen LogP contribution in [0, 0.1) is 0 Å². The molecule has 0 bridgehead atoms. The fraction of sp³-hybridized carbons (Fsp3) is 0.625. The lowest BCUT2D eigenvalue weighted by molar-refractivity contribution is -0.144. The minimum Gasteiger partial charge on any atom is -0.508 e. The van der Waals surface area contributed by atoms with Gasteiger partial charge in [0.2, 0.25) is 11.8 Å². The number of hydrogen-bond acceptors (Lipinski definition) is 6. The summed E-state index contributed by atoms with van der Waals surface area (Å²) in [6, 6.07) is 3.81. The Balaban J connectivity index is 3.41. The second-order valence-electron chi connectivity index (χ2n) is 9.97. The van der Waals surface area contributed by atoms with E-state index in [9.17, 15) is 24.6 Å². The molecule has 0 aliphatic heterocycles. The third-order valence-corrected chi connectivity index (χ3v) is 4.50. The highest BCUT2D eigenvalue weighted by Gasteiger charge is 2.37. The molecule has 0 aromatic heterocycles. The Morgan fingerprint density at radius 2 is 1.70 bits per heavy atom. The molecule has 0 saturated carbocycles. The molecule has 1 aromatic carbocycles. The molecule has 3 amide bonds. The van der Waals surface area contributed by atoms with Gasteiger partial charge in [-0.1, -0.05) is 31.5 Å². The maximum atomic E-state index is 13.5. The molecule has 0 aliphatic carbocycles. The molecule has 0 aliphatic rings. The van der Waals surface area contributed by atoms with Gasteiger partial charge in [0.05, 0.1) is 6.61 Å². The lowest BCUT2D eigenvalue weighted by Crippen LogP contribution is -2.55. The van der Waals surface area contributed by atoms with E-state index in [2.05, 4.69) is 10.6 Å². The van der Waals surface area contributed by atoms with Gasteiger partial charge in [0, 0.05) is 17.6 Å². The van der Waals surface area contributed by atoms with Gasteiger partial charge in [-0.05, 0) is 54.0 Å². The summed E-state index contributed by atoms with van der Waals surface area (Å²) in [5.41, 5.74) is -1.14. The zero-order valence-electron chi connectivity index (χ0n) is 20.8. The first-order valence-corrected chi connectivity index (χ1v) is 11.2. The zero-order valence-corrected chi connectivity index (χ0v) is 20.8. The summed E-state index contributed by atoms with van der Waals surface area (Å²) in [4.78, 5) is 40.4. The molecule has 33 heavy (non-hydrogen) atoms. The largest absolute Gasteiger partial charge is 0.508 e. The summed E-state index contributed by atoms with van der Waals surface area (Å²) in [5, 5.41) is 25.6. The fourth-order valence-electron chi connectivity index (χ4n) is 3.14. The monoisotopic (exact) mass is 465 g/mol. The van der Waals surface area contributed by atoms with Crippen molar-refractivity contribution in [2.75, 3.05) is 13.2 Å². The standard InChI is InChI=1S/C24H39N3O6/c1-8-9-14-27(21(31)17(15-28)25-22(32)33-24(5,6)7)19(20(30)26-23(2,3)4)16-12-10-11-13-18(16)29/h10-13,17,19,28-29H,8-9,14-15H2,1-7H3,(H,25,32)(H,26,30). The van der Waals surface area contributed by atoms with Gasteiger partial charge < -0.3 is 30.5 Å². The summed E-state index contributed by atoms with van der Waals surface area (Å²) in [6.07, 6.45) is 0.452. The van der Waals surface area contributed by atoms with Gasteiger partial charge in [-0.2, -0.15) is 0 Å². The highest BCUT2D eigenvalue weighted by atomic mass is 16.6. The molecular formula is C24H39N3O6. The lowest BCUT2D eigenvalue weighted by atomic mass is 9.99. The Morgan fingerprint density at radius 3 is 2.18 bits per heavy atom. The molecule has 1 aromatic rings. The quantitative estimate of drug-likeness (QED) is 0.444. The summed E-state index contributed by atoms with van der Waals surface area (Å²) in [6.45, 7) is 11.9. The van der Waals surface area contributed by atoms with Crippen LogP contribution in [0.5, 0.6) is 5.75 Å². The molecule has 4 N–H and O–H groups in total. The number of carbonyl (C=O) groups excluding carboxylic acids is 3. The fourth-order valence-corrected chi connectivity index (χ4v) is 3.14. The Hall–Kier alpha value is -2.81. The minimum atomic E-state index is -1.33. The van der Waals surface area contributed by atoms with Crippen LogP contribution in [-0.4, -0.2) is 63.4 Å². The maximum Gasteiger partial charge on any atom is 0.408 e. The summed E-state index contributed by atoms with van der Waals surface area (Å²) in [5.74, 6) is -1.28. The van der Waals surface area contributed by atoms with Gasteiger partial charge in [0.15, 0.2) is 0 Å². The van der Waals surface area contributed by atoms with Gasteiger partial charge >= 0.3 is 6.09 Å². The van der Waals surface area contributed by atoms with Crippen LogP contribution in [0.4, 0.5) is 4.79 Å². The predicted octanol–water partition coefficient (Wildman–Crippen LogP) is 2.86. The van der Waals surface area contributed by atoms with Crippen LogP contribution >= 0.6 is 0 Å². The van der Waals surface area contributed by atoms with E-state index in [0.717, 1.165) is 6.42 Å². The van der Waals surface area contributed by atoms with Gasteiger partial charge in [-0.3, -0.25) is 9.59 Å². The topological polar surface area (TPSA) is 128 Å². The van der Waals surface area contributed by atoms with Crippen LogP contribution in [0.15, 0.2) is 24.3 Å². The van der Waals surface area contributed by atoms with E-state index in [-0.39, 0.29) is 17.9 Å². The number of carbonyl (C=O) groups is 3. The van der Waals surface area contributed by atoms with E-state index >= 15 is 0 Å². The number of ether oxygens (including phenoxy) is 1. The SMILES string of the molecule is CCCCN(C(=O)C(CO)NC(=O)OC(C)(C)C)C(C(=O)NC(C)(C)C)c1ccccc1O. The van der Waals surface area contributed by atoms with E-state index in [4.69, 9.17) is 4.74 Å². The van der Waals surface area contributed by atoms with Crippen molar-refractivity contribution in [1.82, 2.24) is 15.5 Å². The summed E-state index contributed by atoms with van der Waals surface area (Å²) >= 11 is 0. The van der Waals surface area contributed by atoms with E-state index in [1.165, 1.54) is 11.0 Å². The number of phenols is 1. The number of benzene rings is 1. The number of aliphatic hydroxyl groups is 1. The number of alkyl carbamates (subject to hydrolysis) is 1. The Morgan fingerprint density at radius 1 is 1.09 bits per heavy atom. The van der Waals surface area contributed by atoms with Gasteiger partial charge in [0.25, 0.3) is 0 Å². The predicted molar refractivity (Wildman–Crippen MR) is 126 cm³/mol. The van der Waals surface area contributed by atoms with Crippen molar-refractivity contribution in [3.8, 4) is 5.75 Å². The summed E-state index contributed by atoms with van der Waals surface area (Å²) < 4.78 is 5.21. The first-order chi connectivity index (χ1) is 15.2. The van der Waals surface area contributed by atoms with Crippen LogP contribution in [0.3, 0.4) is 0 Å². The molecule has 2 atom stereocenters. The van der Waals surface area contributed by atoms with Crippen LogP contribution in [0.1, 0.15) is 72.9 Å². The normalized spacial score (nSPS) is 13.6. The molecule has 1 rings (SSSR count). The number of unbranched alkanes of at least 4 members (excludes halogenated alkanes) is 1. The molecule has 9 heteroatoms. The van der Waals surface area contributed by atoms with Crippen molar-refractivity contribution < 1.29 is 29.3 Å².